The molecule has 0 unspecified atom stereocenters. The van der Waals surface area contributed by atoms with Crippen LogP contribution in [0.25, 0.3) is 17.2 Å². The Labute approximate surface area is 201 Å². The fourth-order valence-corrected chi connectivity index (χ4v) is 3.74. The van der Waals surface area contributed by atoms with Gasteiger partial charge in [0.2, 0.25) is 0 Å². The Morgan fingerprint density at radius 3 is 2.00 bits per heavy atom. The van der Waals surface area contributed by atoms with Crippen LogP contribution in [0.15, 0.2) is 84.9 Å². The largest absolute Gasteiger partial charge is 0.508 e. The van der Waals surface area contributed by atoms with Crippen LogP contribution in [0.2, 0.25) is 0 Å². The average molecular weight is 461 g/mol. The van der Waals surface area contributed by atoms with Gasteiger partial charge in [0.05, 0.1) is 0 Å². The van der Waals surface area contributed by atoms with E-state index in [0.29, 0.717) is 12.3 Å². The molecule has 3 aromatic rings. The van der Waals surface area contributed by atoms with E-state index in [-0.39, 0.29) is 11.7 Å². The topological polar surface area (TPSA) is 46.5 Å². The second-order valence-corrected chi connectivity index (χ2v) is 9.07. The molecule has 0 fully saturated rings. The number of benzene rings is 3. The molecular formula is C29H29ClO3. The smallest absolute Gasteiger partial charge is 0.331 e. The predicted molar refractivity (Wildman–Crippen MR) is 137 cm³/mol. The molecule has 3 rings (SSSR count). The summed E-state index contributed by atoms with van der Waals surface area (Å²) in [6, 6.07) is 25.4. The molecule has 0 bridgehead atoms. The number of carbonyl (C=O) groups excluding carboxylic acids is 1. The Morgan fingerprint density at radius 1 is 0.879 bits per heavy atom. The lowest BCUT2D eigenvalue weighted by Crippen LogP contribution is -2.22. The first-order valence-corrected chi connectivity index (χ1v) is 11.5. The molecule has 0 aliphatic rings. The van der Waals surface area contributed by atoms with E-state index >= 15 is 0 Å². The Kier molecular flexibility index (Phi) is 8.13. The van der Waals surface area contributed by atoms with Gasteiger partial charge in [0.15, 0.2) is 0 Å². The number of ether oxygens (including phenoxy) is 1. The number of aromatic hydroxyl groups is 1. The molecule has 0 aliphatic heterocycles. The highest BCUT2D eigenvalue weighted by molar-refractivity contribution is 6.18. The van der Waals surface area contributed by atoms with Gasteiger partial charge >= 0.3 is 5.97 Å². The molecule has 0 aromatic heterocycles. The van der Waals surface area contributed by atoms with E-state index in [1.54, 1.807) is 18.2 Å². The highest BCUT2D eigenvalue weighted by Crippen LogP contribution is 2.35. The van der Waals surface area contributed by atoms with Crippen molar-refractivity contribution in [2.45, 2.75) is 32.8 Å². The molecule has 1 N–H and O–H groups in total. The lowest BCUT2D eigenvalue weighted by atomic mass is 9.88. The normalized spacial score (nSPS) is 12.5. The Hall–Kier alpha value is -3.30. The van der Waals surface area contributed by atoms with Crippen molar-refractivity contribution in [1.29, 1.82) is 0 Å². The number of halogens is 1. The van der Waals surface area contributed by atoms with Gasteiger partial charge in [0.25, 0.3) is 0 Å². The quantitative estimate of drug-likeness (QED) is 0.174. The first kappa shape index (κ1) is 24.3. The number of hydrogen-bond acceptors (Lipinski definition) is 3. The molecule has 170 valence electrons. The van der Waals surface area contributed by atoms with Crippen LogP contribution in [0.5, 0.6) is 5.75 Å². The maximum absolute atomic E-state index is 12.0. The second-order valence-electron chi connectivity index (χ2n) is 8.69. The molecule has 4 heteroatoms. The average Bonchev–Trinajstić information content (AvgIpc) is 2.79. The minimum absolute atomic E-state index is 0.222. The van der Waals surface area contributed by atoms with Crippen molar-refractivity contribution in [2.24, 2.45) is 0 Å². The second kappa shape index (κ2) is 11.0. The van der Waals surface area contributed by atoms with E-state index in [1.165, 1.54) is 6.08 Å². The van der Waals surface area contributed by atoms with E-state index in [1.807, 2.05) is 75.4 Å². The zero-order chi connectivity index (χ0) is 23.8. The molecule has 3 aromatic carbocycles. The van der Waals surface area contributed by atoms with Crippen molar-refractivity contribution in [2.75, 3.05) is 5.88 Å². The number of rotatable bonds is 7. The van der Waals surface area contributed by atoms with E-state index in [0.717, 1.165) is 33.4 Å². The molecule has 0 amide bonds. The lowest BCUT2D eigenvalue weighted by Gasteiger charge is -2.18. The van der Waals surface area contributed by atoms with E-state index in [4.69, 9.17) is 16.3 Å². The van der Waals surface area contributed by atoms with Crippen molar-refractivity contribution >= 4 is 34.8 Å². The number of esters is 1. The maximum Gasteiger partial charge on any atom is 0.331 e. The molecule has 0 aliphatic carbocycles. The van der Waals surface area contributed by atoms with Gasteiger partial charge in [-0.2, -0.15) is 0 Å². The van der Waals surface area contributed by atoms with Gasteiger partial charge in [0.1, 0.15) is 11.4 Å². The Morgan fingerprint density at radius 2 is 1.45 bits per heavy atom. The molecule has 33 heavy (non-hydrogen) atoms. The number of phenols is 1. The van der Waals surface area contributed by atoms with E-state index < -0.39 is 5.60 Å². The third kappa shape index (κ3) is 7.10. The summed E-state index contributed by atoms with van der Waals surface area (Å²) in [5, 5.41) is 9.80. The molecule has 0 atom stereocenters. The first-order chi connectivity index (χ1) is 15.8. The zero-order valence-electron chi connectivity index (χ0n) is 19.2. The zero-order valence-corrected chi connectivity index (χ0v) is 20.0. The standard InChI is InChI=1S/C29H29ClO3/c1-29(2,3)33-27(32)18-11-21-9-12-23(13-10-21)28(24-14-16-25(31)17-15-24)26(19-20-30)22-7-5-4-6-8-22/h4-18,31H,19-20H2,1-3H3. The lowest BCUT2D eigenvalue weighted by molar-refractivity contribution is -0.148. The summed E-state index contributed by atoms with van der Waals surface area (Å²) in [5.41, 5.74) is 5.69. The molecule has 0 heterocycles. The summed E-state index contributed by atoms with van der Waals surface area (Å²) < 4.78 is 5.33. The monoisotopic (exact) mass is 460 g/mol. The predicted octanol–water partition coefficient (Wildman–Crippen LogP) is 7.34. The summed E-state index contributed by atoms with van der Waals surface area (Å²) in [6.45, 7) is 5.53. The minimum atomic E-state index is -0.522. The van der Waals surface area contributed by atoms with Crippen LogP contribution in [0.4, 0.5) is 0 Å². The van der Waals surface area contributed by atoms with Gasteiger partial charge in [-0.25, -0.2) is 4.79 Å². The number of carbonyl (C=O) groups is 1. The molecule has 0 saturated heterocycles. The Bertz CT molecular complexity index is 1120. The third-order valence-corrected chi connectivity index (χ3v) is 5.13. The van der Waals surface area contributed by atoms with Gasteiger partial charge in [-0.1, -0.05) is 66.7 Å². The molecular weight excluding hydrogens is 432 g/mol. The molecule has 0 radical (unpaired) electrons. The fourth-order valence-electron chi connectivity index (χ4n) is 3.55. The number of phenolic OH excluding ortho intramolecular Hbond substituents is 1. The fraction of sp³-hybridized carbons (Fsp3) is 0.207. The van der Waals surface area contributed by atoms with Gasteiger partial charge in [-0.05, 0) is 78.8 Å². The Balaban J connectivity index is 2.03. The minimum Gasteiger partial charge on any atom is -0.508 e. The summed E-state index contributed by atoms with van der Waals surface area (Å²) in [4.78, 5) is 12.0. The van der Waals surface area contributed by atoms with Crippen molar-refractivity contribution in [1.82, 2.24) is 0 Å². The van der Waals surface area contributed by atoms with Gasteiger partial charge in [-0.15, -0.1) is 11.6 Å². The summed E-state index contributed by atoms with van der Waals surface area (Å²) in [5.74, 6) is 0.340. The van der Waals surface area contributed by atoms with Crippen molar-refractivity contribution in [3.8, 4) is 5.75 Å². The van der Waals surface area contributed by atoms with Crippen LogP contribution in [-0.2, 0) is 9.53 Å². The van der Waals surface area contributed by atoms with Crippen molar-refractivity contribution < 1.29 is 14.6 Å². The van der Waals surface area contributed by atoms with Crippen LogP contribution in [-0.4, -0.2) is 22.6 Å². The highest BCUT2D eigenvalue weighted by atomic mass is 35.5. The van der Waals surface area contributed by atoms with Crippen LogP contribution in [0, 0.1) is 0 Å². The maximum atomic E-state index is 12.0. The van der Waals surface area contributed by atoms with Crippen LogP contribution in [0.1, 0.15) is 49.4 Å². The summed E-state index contributed by atoms with van der Waals surface area (Å²) in [6.07, 6.45) is 3.89. The van der Waals surface area contributed by atoms with Crippen LogP contribution < -0.4 is 0 Å². The summed E-state index contributed by atoms with van der Waals surface area (Å²) in [7, 11) is 0. The number of hydrogen-bond donors (Lipinski definition) is 1. The van der Waals surface area contributed by atoms with E-state index in [9.17, 15) is 9.90 Å². The van der Waals surface area contributed by atoms with Crippen LogP contribution >= 0.6 is 11.6 Å². The molecule has 0 spiro atoms. The molecule has 0 saturated carbocycles. The van der Waals surface area contributed by atoms with E-state index in [2.05, 4.69) is 12.1 Å². The number of allylic oxidation sites excluding steroid dienone is 1. The number of alkyl halides is 1. The van der Waals surface area contributed by atoms with Gasteiger partial charge < -0.3 is 9.84 Å². The highest BCUT2D eigenvalue weighted by Gasteiger charge is 2.15. The van der Waals surface area contributed by atoms with Crippen LogP contribution in [0.3, 0.4) is 0 Å². The third-order valence-electron chi connectivity index (χ3n) is 4.94. The van der Waals surface area contributed by atoms with Gasteiger partial charge in [0, 0.05) is 12.0 Å². The SMILES string of the molecule is CC(C)(C)OC(=O)C=Cc1ccc(C(=C(CCCl)c2ccccc2)c2ccc(O)cc2)cc1. The summed E-state index contributed by atoms with van der Waals surface area (Å²) >= 11 is 6.21. The van der Waals surface area contributed by atoms with Gasteiger partial charge in [-0.3, -0.25) is 0 Å². The first-order valence-electron chi connectivity index (χ1n) is 10.9. The molecule has 3 nitrogen and oxygen atoms in total. The van der Waals surface area contributed by atoms with Crippen molar-refractivity contribution in [3.63, 3.8) is 0 Å². The van der Waals surface area contributed by atoms with Crippen molar-refractivity contribution in [3.05, 3.63) is 107 Å².